The molecule has 1 aliphatic carbocycles. The number of hydrogen-bond donors (Lipinski definition) is 1. The largest absolute Gasteiger partial charge is 0.326 e. The predicted octanol–water partition coefficient (Wildman–Crippen LogP) is 2.92. The van der Waals surface area contributed by atoms with Gasteiger partial charge in [-0.2, -0.15) is 4.31 Å². The Labute approximate surface area is 163 Å². The molecule has 7 heteroatoms. The van der Waals surface area contributed by atoms with Crippen molar-refractivity contribution in [3.8, 4) is 0 Å². The van der Waals surface area contributed by atoms with Crippen LogP contribution in [0.1, 0.15) is 45.4 Å². The van der Waals surface area contributed by atoms with E-state index in [1.807, 2.05) is 0 Å². The molecule has 27 heavy (non-hydrogen) atoms. The standard InChI is InChI=1S/C20H31N3O3S/c1-2-22-12-14-23(15-13-22)27(25,26)19-9-5-8-18(16-19)21-20(24)11-10-17-6-3-4-7-17/h5,8-9,16-17H,2-4,6-7,10-15H2,1H3,(H,21,24). The molecule has 2 fully saturated rings. The Hall–Kier alpha value is -1.44. The molecule has 1 heterocycles. The summed E-state index contributed by atoms with van der Waals surface area (Å²) in [5.74, 6) is 0.636. The van der Waals surface area contributed by atoms with Crippen LogP contribution >= 0.6 is 0 Å². The van der Waals surface area contributed by atoms with E-state index in [2.05, 4.69) is 17.1 Å². The Bertz CT molecular complexity index is 737. The number of rotatable bonds is 7. The smallest absolute Gasteiger partial charge is 0.243 e. The summed E-state index contributed by atoms with van der Waals surface area (Å²) >= 11 is 0. The van der Waals surface area contributed by atoms with Gasteiger partial charge >= 0.3 is 0 Å². The normalized spacial score (nSPS) is 20.0. The van der Waals surface area contributed by atoms with Crippen LogP contribution in [0.4, 0.5) is 5.69 Å². The summed E-state index contributed by atoms with van der Waals surface area (Å²) in [6.07, 6.45) is 6.43. The second-order valence-corrected chi connectivity index (χ2v) is 9.54. The number of likely N-dealkylation sites (N-methyl/N-ethyl adjacent to an activating group) is 1. The minimum atomic E-state index is -3.52. The van der Waals surface area contributed by atoms with E-state index in [0.29, 0.717) is 31.1 Å². The zero-order chi connectivity index (χ0) is 19.3. The second-order valence-electron chi connectivity index (χ2n) is 7.60. The summed E-state index contributed by atoms with van der Waals surface area (Å²) in [6.45, 7) is 5.56. The van der Waals surface area contributed by atoms with Crippen LogP contribution < -0.4 is 5.32 Å². The quantitative estimate of drug-likeness (QED) is 0.773. The molecule has 2 aliphatic rings. The van der Waals surface area contributed by atoms with Gasteiger partial charge in [0.1, 0.15) is 0 Å². The van der Waals surface area contributed by atoms with Gasteiger partial charge in [0.15, 0.2) is 0 Å². The van der Waals surface area contributed by atoms with E-state index in [-0.39, 0.29) is 10.8 Å². The van der Waals surface area contributed by atoms with Gasteiger partial charge in [-0.15, -0.1) is 0 Å². The van der Waals surface area contributed by atoms with Crippen molar-refractivity contribution < 1.29 is 13.2 Å². The van der Waals surface area contributed by atoms with E-state index in [4.69, 9.17) is 0 Å². The van der Waals surface area contributed by atoms with E-state index in [1.165, 1.54) is 25.7 Å². The van der Waals surface area contributed by atoms with Crippen molar-refractivity contribution in [2.75, 3.05) is 38.0 Å². The molecule has 0 aromatic heterocycles. The molecule has 6 nitrogen and oxygen atoms in total. The topological polar surface area (TPSA) is 69.7 Å². The highest BCUT2D eigenvalue weighted by atomic mass is 32.2. The number of nitrogens with zero attached hydrogens (tertiary/aromatic N) is 2. The van der Waals surface area contributed by atoms with Gasteiger partial charge in [-0.25, -0.2) is 8.42 Å². The van der Waals surface area contributed by atoms with Gasteiger partial charge in [0.05, 0.1) is 4.90 Å². The number of carbonyl (C=O) groups is 1. The average molecular weight is 394 g/mol. The SMILES string of the molecule is CCN1CCN(S(=O)(=O)c2cccc(NC(=O)CCC3CCCC3)c2)CC1. The van der Waals surface area contributed by atoms with Gasteiger partial charge in [0.2, 0.25) is 15.9 Å². The number of carbonyl (C=O) groups excluding carboxylic acids is 1. The Morgan fingerprint density at radius 2 is 1.85 bits per heavy atom. The van der Waals surface area contributed by atoms with E-state index in [0.717, 1.165) is 26.1 Å². The van der Waals surface area contributed by atoms with Crippen molar-refractivity contribution in [3.63, 3.8) is 0 Å². The molecule has 1 aromatic rings. The van der Waals surface area contributed by atoms with Gasteiger partial charge in [0.25, 0.3) is 0 Å². The Balaban J connectivity index is 1.59. The van der Waals surface area contributed by atoms with Crippen LogP contribution in [0.2, 0.25) is 0 Å². The van der Waals surface area contributed by atoms with Gasteiger partial charge in [-0.05, 0) is 37.1 Å². The fourth-order valence-corrected chi connectivity index (χ4v) is 5.50. The third-order valence-corrected chi connectivity index (χ3v) is 7.68. The number of nitrogens with one attached hydrogen (secondary N) is 1. The first-order chi connectivity index (χ1) is 13.0. The number of piperazine rings is 1. The first-order valence-corrected chi connectivity index (χ1v) is 11.6. The molecular weight excluding hydrogens is 362 g/mol. The Kier molecular flexibility index (Phi) is 6.89. The summed E-state index contributed by atoms with van der Waals surface area (Å²) in [5, 5.41) is 2.87. The fraction of sp³-hybridized carbons (Fsp3) is 0.650. The van der Waals surface area contributed by atoms with E-state index in [9.17, 15) is 13.2 Å². The lowest BCUT2D eigenvalue weighted by molar-refractivity contribution is -0.116. The van der Waals surface area contributed by atoms with Crippen molar-refractivity contribution >= 4 is 21.6 Å². The van der Waals surface area contributed by atoms with Gasteiger partial charge in [-0.3, -0.25) is 4.79 Å². The summed E-state index contributed by atoms with van der Waals surface area (Å²) in [6, 6.07) is 6.63. The fourth-order valence-electron chi connectivity index (χ4n) is 4.03. The Morgan fingerprint density at radius 1 is 1.15 bits per heavy atom. The maximum Gasteiger partial charge on any atom is 0.243 e. The van der Waals surface area contributed by atoms with E-state index >= 15 is 0 Å². The average Bonchev–Trinajstić information content (AvgIpc) is 3.20. The van der Waals surface area contributed by atoms with Gasteiger partial charge in [0, 0.05) is 38.3 Å². The monoisotopic (exact) mass is 393 g/mol. The molecule has 1 amide bonds. The number of hydrogen-bond acceptors (Lipinski definition) is 4. The summed E-state index contributed by atoms with van der Waals surface area (Å²) in [5.41, 5.74) is 0.555. The number of benzene rings is 1. The predicted molar refractivity (Wildman–Crippen MR) is 107 cm³/mol. The Morgan fingerprint density at radius 3 is 2.52 bits per heavy atom. The molecule has 1 N–H and O–H groups in total. The molecule has 0 spiro atoms. The van der Waals surface area contributed by atoms with Crippen molar-refractivity contribution in [2.45, 2.75) is 50.3 Å². The van der Waals surface area contributed by atoms with Crippen LogP contribution in [0.3, 0.4) is 0 Å². The number of amides is 1. The van der Waals surface area contributed by atoms with Crippen LogP contribution in [-0.4, -0.2) is 56.3 Å². The van der Waals surface area contributed by atoms with Crippen molar-refractivity contribution in [1.29, 1.82) is 0 Å². The van der Waals surface area contributed by atoms with Crippen LogP contribution in [0.25, 0.3) is 0 Å². The lowest BCUT2D eigenvalue weighted by Gasteiger charge is -2.33. The third-order valence-electron chi connectivity index (χ3n) is 5.79. The highest BCUT2D eigenvalue weighted by Gasteiger charge is 2.28. The van der Waals surface area contributed by atoms with Crippen LogP contribution in [0, 0.1) is 5.92 Å². The second kappa shape index (κ2) is 9.17. The summed E-state index contributed by atoms with van der Waals surface area (Å²) in [4.78, 5) is 14.7. The van der Waals surface area contributed by atoms with E-state index < -0.39 is 10.0 Å². The maximum absolute atomic E-state index is 12.9. The summed E-state index contributed by atoms with van der Waals surface area (Å²) < 4.78 is 27.4. The minimum absolute atomic E-state index is 0.0343. The number of anilines is 1. The zero-order valence-electron chi connectivity index (χ0n) is 16.2. The molecular formula is C20H31N3O3S. The van der Waals surface area contributed by atoms with E-state index in [1.54, 1.807) is 28.6 Å². The molecule has 1 aliphatic heterocycles. The highest BCUT2D eigenvalue weighted by molar-refractivity contribution is 7.89. The molecule has 0 radical (unpaired) electrons. The lowest BCUT2D eigenvalue weighted by Crippen LogP contribution is -2.48. The van der Waals surface area contributed by atoms with Gasteiger partial charge in [-0.1, -0.05) is 38.7 Å². The maximum atomic E-state index is 12.9. The first-order valence-electron chi connectivity index (χ1n) is 10.1. The van der Waals surface area contributed by atoms with Crippen molar-refractivity contribution in [2.24, 2.45) is 5.92 Å². The van der Waals surface area contributed by atoms with Crippen molar-refractivity contribution in [3.05, 3.63) is 24.3 Å². The molecule has 1 saturated carbocycles. The van der Waals surface area contributed by atoms with Crippen LogP contribution in [0.15, 0.2) is 29.2 Å². The number of sulfonamides is 1. The first kappa shape index (κ1) is 20.3. The molecule has 3 rings (SSSR count). The van der Waals surface area contributed by atoms with Crippen molar-refractivity contribution in [1.82, 2.24) is 9.21 Å². The van der Waals surface area contributed by atoms with Gasteiger partial charge < -0.3 is 10.2 Å². The zero-order valence-corrected chi connectivity index (χ0v) is 17.0. The minimum Gasteiger partial charge on any atom is -0.326 e. The summed E-state index contributed by atoms with van der Waals surface area (Å²) in [7, 11) is -3.52. The van der Waals surface area contributed by atoms with Crippen LogP contribution in [-0.2, 0) is 14.8 Å². The highest BCUT2D eigenvalue weighted by Crippen LogP contribution is 2.28. The molecule has 0 atom stereocenters. The molecule has 150 valence electrons. The molecule has 1 aromatic carbocycles. The molecule has 1 saturated heterocycles. The molecule has 0 bridgehead atoms. The lowest BCUT2D eigenvalue weighted by atomic mass is 10.0. The molecule has 0 unspecified atom stereocenters. The van der Waals surface area contributed by atoms with Crippen LogP contribution in [0.5, 0.6) is 0 Å². The third kappa shape index (κ3) is 5.30.